The number of hydrogen-bond acceptors (Lipinski definition) is 3. The highest BCUT2D eigenvalue weighted by molar-refractivity contribution is 5.41. The van der Waals surface area contributed by atoms with Gasteiger partial charge in [0.05, 0.1) is 0 Å². The maximum Gasteiger partial charge on any atom is 0.120 e. The highest BCUT2D eigenvalue weighted by Gasteiger charge is 2.16. The molecule has 0 aromatic heterocycles. The number of aromatic hydroxyl groups is 1. The van der Waals surface area contributed by atoms with Crippen molar-refractivity contribution in [3.63, 3.8) is 0 Å². The third-order valence-electron chi connectivity index (χ3n) is 2.94. The molecule has 0 saturated carbocycles. The largest absolute Gasteiger partial charge is 0.508 e. The number of ether oxygens (including phenoxy) is 1. The number of unbranched alkanes of at least 4 members (excludes halogenated alkanes) is 2. The van der Waals surface area contributed by atoms with Crippen LogP contribution in [0, 0.1) is 0 Å². The summed E-state index contributed by atoms with van der Waals surface area (Å²) in [6, 6.07) is 5.17. The van der Waals surface area contributed by atoms with E-state index in [-0.39, 0.29) is 17.4 Å². The molecule has 3 heteroatoms. The van der Waals surface area contributed by atoms with Crippen molar-refractivity contribution in [2.24, 2.45) is 5.73 Å². The quantitative estimate of drug-likeness (QED) is 0.760. The summed E-state index contributed by atoms with van der Waals surface area (Å²) in [7, 11) is 0. The number of phenols is 1. The number of benzene rings is 1. The number of hydrogen-bond donors (Lipinski definition) is 2. The fraction of sp³-hybridized carbons (Fsp3) is 0.625. The first-order chi connectivity index (χ1) is 8.83. The third kappa shape index (κ3) is 5.52. The Morgan fingerprint density at radius 3 is 2.53 bits per heavy atom. The fourth-order valence-corrected chi connectivity index (χ4v) is 2.02. The minimum atomic E-state index is -0.249. The third-order valence-corrected chi connectivity index (χ3v) is 2.94. The van der Waals surface area contributed by atoms with Crippen LogP contribution in [0.5, 0.6) is 11.5 Å². The Hall–Kier alpha value is -1.22. The van der Waals surface area contributed by atoms with E-state index >= 15 is 0 Å². The van der Waals surface area contributed by atoms with Gasteiger partial charge in [-0.2, -0.15) is 0 Å². The molecule has 0 radical (unpaired) electrons. The molecule has 0 unspecified atom stereocenters. The van der Waals surface area contributed by atoms with Crippen LogP contribution in [0.1, 0.15) is 65.0 Å². The van der Waals surface area contributed by atoms with Crippen LogP contribution in [-0.2, 0) is 0 Å². The van der Waals surface area contributed by atoms with Gasteiger partial charge >= 0.3 is 0 Å². The Morgan fingerprint density at radius 2 is 1.95 bits per heavy atom. The number of rotatable bonds is 6. The summed E-state index contributed by atoms with van der Waals surface area (Å²) >= 11 is 0. The predicted octanol–water partition coefficient (Wildman–Crippen LogP) is 4.15. The molecular formula is C16H27NO2. The van der Waals surface area contributed by atoms with Crippen LogP contribution >= 0.6 is 0 Å². The van der Waals surface area contributed by atoms with Gasteiger partial charge in [-0.25, -0.2) is 0 Å². The molecule has 1 aromatic carbocycles. The lowest BCUT2D eigenvalue weighted by Gasteiger charge is -2.22. The van der Waals surface area contributed by atoms with Crippen LogP contribution in [0.15, 0.2) is 18.2 Å². The van der Waals surface area contributed by atoms with Crippen molar-refractivity contribution in [1.82, 2.24) is 0 Å². The molecule has 0 aliphatic rings. The van der Waals surface area contributed by atoms with Crippen LogP contribution in [-0.4, -0.2) is 10.7 Å². The summed E-state index contributed by atoms with van der Waals surface area (Å²) in [5, 5.41) is 9.92. The topological polar surface area (TPSA) is 55.5 Å². The van der Waals surface area contributed by atoms with E-state index in [9.17, 15) is 5.11 Å². The van der Waals surface area contributed by atoms with E-state index in [2.05, 4.69) is 6.92 Å². The standard InChI is InChI=1S/C16H27NO2/c1-5-6-7-8-14(17)13-11-12(9-10-15(13)18)19-16(2,3)4/h9-11,14,18H,5-8,17H2,1-4H3/t14-/m0/s1. The van der Waals surface area contributed by atoms with Crippen LogP contribution < -0.4 is 10.5 Å². The lowest BCUT2D eigenvalue weighted by Crippen LogP contribution is -2.23. The van der Waals surface area contributed by atoms with Crippen molar-refractivity contribution in [3.8, 4) is 11.5 Å². The first-order valence-electron chi connectivity index (χ1n) is 7.11. The van der Waals surface area contributed by atoms with Crippen molar-refractivity contribution in [2.45, 2.75) is 65.0 Å². The molecule has 0 fully saturated rings. The monoisotopic (exact) mass is 265 g/mol. The lowest BCUT2D eigenvalue weighted by atomic mass is 10.00. The van der Waals surface area contributed by atoms with Gasteiger partial charge in [-0.3, -0.25) is 0 Å². The van der Waals surface area contributed by atoms with Gasteiger partial charge in [0.1, 0.15) is 17.1 Å². The summed E-state index contributed by atoms with van der Waals surface area (Å²) in [5.41, 5.74) is 6.68. The molecule has 0 saturated heterocycles. The summed E-state index contributed by atoms with van der Waals surface area (Å²) < 4.78 is 5.81. The van der Waals surface area contributed by atoms with Gasteiger partial charge < -0.3 is 15.6 Å². The van der Waals surface area contributed by atoms with E-state index < -0.39 is 0 Å². The Balaban J connectivity index is 2.78. The Labute approximate surface area is 116 Å². The van der Waals surface area contributed by atoms with Crippen molar-refractivity contribution in [1.29, 1.82) is 0 Å². The van der Waals surface area contributed by atoms with Gasteiger partial charge in [0.15, 0.2) is 0 Å². The minimum absolute atomic E-state index is 0.130. The normalized spacial score (nSPS) is 13.3. The molecule has 0 spiro atoms. The second kappa shape index (κ2) is 6.80. The van der Waals surface area contributed by atoms with Gasteiger partial charge in [0.2, 0.25) is 0 Å². The molecule has 108 valence electrons. The molecule has 0 bridgehead atoms. The molecule has 1 atom stereocenters. The van der Waals surface area contributed by atoms with Gasteiger partial charge in [0.25, 0.3) is 0 Å². The molecule has 0 amide bonds. The van der Waals surface area contributed by atoms with Crippen molar-refractivity contribution in [2.75, 3.05) is 0 Å². The predicted molar refractivity (Wildman–Crippen MR) is 79.6 cm³/mol. The highest BCUT2D eigenvalue weighted by atomic mass is 16.5. The second-order valence-corrected chi connectivity index (χ2v) is 6.04. The summed E-state index contributed by atoms with van der Waals surface area (Å²) in [6.07, 6.45) is 4.32. The molecule has 3 N–H and O–H groups in total. The van der Waals surface area contributed by atoms with Gasteiger partial charge in [-0.15, -0.1) is 0 Å². The molecule has 0 aliphatic carbocycles. The zero-order chi connectivity index (χ0) is 14.5. The average Bonchev–Trinajstić information content (AvgIpc) is 2.30. The summed E-state index contributed by atoms with van der Waals surface area (Å²) in [5.74, 6) is 1.01. The number of nitrogens with two attached hydrogens (primary N) is 1. The SMILES string of the molecule is CCCCC[C@H](N)c1cc(OC(C)(C)C)ccc1O. The van der Waals surface area contributed by atoms with Gasteiger partial charge in [0, 0.05) is 11.6 Å². The highest BCUT2D eigenvalue weighted by Crippen LogP contribution is 2.31. The van der Waals surface area contributed by atoms with Crippen LogP contribution in [0.4, 0.5) is 0 Å². The number of phenolic OH excluding ortho intramolecular Hbond substituents is 1. The van der Waals surface area contributed by atoms with Crippen molar-refractivity contribution in [3.05, 3.63) is 23.8 Å². The zero-order valence-electron chi connectivity index (χ0n) is 12.6. The first-order valence-corrected chi connectivity index (χ1v) is 7.11. The Bertz CT molecular complexity index is 396. The summed E-state index contributed by atoms with van der Waals surface area (Å²) in [4.78, 5) is 0. The van der Waals surface area contributed by atoms with E-state index in [1.807, 2.05) is 26.8 Å². The Kier molecular flexibility index (Phi) is 5.67. The second-order valence-electron chi connectivity index (χ2n) is 6.04. The fourth-order valence-electron chi connectivity index (χ4n) is 2.02. The molecular weight excluding hydrogens is 238 g/mol. The lowest BCUT2D eigenvalue weighted by molar-refractivity contribution is 0.130. The zero-order valence-corrected chi connectivity index (χ0v) is 12.6. The Morgan fingerprint density at radius 1 is 1.26 bits per heavy atom. The van der Waals surface area contributed by atoms with Crippen LogP contribution in [0.2, 0.25) is 0 Å². The maximum absolute atomic E-state index is 9.92. The first kappa shape index (κ1) is 15.8. The van der Waals surface area contributed by atoms with Crippen molar-refractivity contribution < 1.29 is 9.84 Å². The van der Waals surface area contributed by atoms with E-state index in [1.54, 1.807) is 12.1 Å². The van der Waals surface area contributed by atoms with E-state index in [1.165, 1.54) is 12.8 Å². The van der Waals surface area contributed by atoms with E-state index in [0.717, 1.165) is 24.2 Å². The molecule has 19 heavy (non-hydrogen) atoms. The molecule has 0 heterocycles. The molecule has 3 nitrogen and oxygen atoms in total. The van der Waals surface area contributed by atoms with Crippen LogP contribution in [0.25, 0.3) is 0 Å². The molecule has 1 rings (SSSR count). The van der Waals surface area contributed by atoms with Crippen LogP contribution in [0.3, 0.4) is 0 Å². The van der Waals surface area contributed by atoms with Gasteiger partial charge in [-0.1, -0.05) is 26.2 Å². The maximum atomic E-state index is 9.92. The smallest absolute Gasteiger partial charge is 0.120 e. The van der Waals surface area contributed by atoms with Crippen molar-refractivity contribution >= 4 is 0 Å². The van der Waals surface area contributed by atoms with Gasteiger partial charge in [-0.05, 0) is 45.4 Å². The average molecular weight is 265 g/mol. The van der Waals surface area contributed by atoms with E-state index in [4.69, 9.17) is 10.5 Å². The molecule has 1 aromatic rings. The summed E-state index contributed by atoms with van der Waals surface area (Å²) in [6.45, 7) is 8.17. The van der Waals surface area contributed by atoms with E-state index in [0.29, 0.717) is 0 Å². The molecule has 0 aliphatic heterocycles. The minimum Gasteiger partial charge on any atom is -0.508 e.